The van der Waals surface area contributed by atoms with Crippen LogP contribution in [-0.4, -0.2) is 83.9 Å². The molecular formula is C96H122N12O8. The molecule has 8 N–H and O–H groups in total. The molecule has 4 amide bonds. The van der Waals surface area contributed by atoms with Gasteiger partial charge in [-0.2, -0.15) is 0 Å². The molecule has 0 spiro atoms. The summed E-state index contributed by atoms with van der Waals surface area (Å²) in [5.74, 6) is 5.02. The molecular weight excluding hydrogens is 1450 g/mol. The smallest absolute Gasteiger partial charge is 0.228 e. The number of benzene rings is 4. The van der Waals surface area contributed by atoms with Crippen LogP contribution in [0.2, 0.25) is 0 Å². The highest BCUT2D eigenvalue weighted by atomic mass is 16.3. The lowest BCUT2D eigenvalue weighted by molar-refractivity contribution is -0.119. The van der Waals surface area contributed by atoms with Crippen LogP contribution in [0.1, 0.15) is 328 Å². The Kier molecular flexibility index (Phi) is 28.4. The number of aromatic nitrogens is 8. The van der Waals surface area contributed by atoms with Gasteiger partial charge in [-0.1, -0.05) is 197 Å². The SMILES string of the molecule is CC(=O)Nc1nc2c(nc1C1CCCCC1)-c1ccc(CO)cc1CC2.CC(C)CC(=O)Nc1nc2c(nc1C1CCCCC1)-c1ccc(CO)cc1CC2.CCC(C)C(=O)Nc1nc2c(nc1C1CCCCC1)-c1ccc(CO)cc1CC2.O=C(CC1CCCCC1)Nc1nc2c(nc1C1CCCCC1)-c1ccc(CO)cc1CC2. The van der Waals surface area contributed by atoms with Crippen molar-refractivity contribution in [2.24, 2.45) is 17.8 Å². The number of nitrogens with one attached hydrogen (secondary N) is 4. The molecule has 4 aromatic heterocycles. The zero-order valence-electron chi connectivity index (χ0n) is 69.3. The van der Waals surface area contributed by atoms with Crippen molar-refractivity contribution in [1.82, 2.24) is 39.9 Å². The van der Waals surface area contributed by atoms with E-state index >= 15 is 0 Å². The molecule has 5 fully saturated rings. The van der Waals surface area contributed by atoms with Gasteiger partial charge in [-0.25, -0.2) is 39.9 Å². The first kappa shape index (κ1) is 83.4. The zero-order chi connectivity index (χ0) is 80.8. The lowest BCUT2D eigenvalue weighted by Crippen LogP contribution is -2.24. The van der Waals surface area contributed by atoms with E-state index in [9.17, 15) is 39.6 Å². The van der Waals surface area contributed by atoms with Gasteiger partial charge in [0.1, 0.15) is 0 Å². The Morgan fingerprint density at radius 3 is 0.931 bits per heavy atom. The molecule has 20 heteroatoms. The third-order valence-corrected chi connectivity index (χ3v) is 25.8. The third kappa shape index (κ3) is 20.2. The second-order valence-electron chi connectivity index (χ2n) is 34.8. The number of aliphatic hydroxyl groups excluding tert-OH is 4. The molecule has 5 saturated carbocycles. The van der Waals surface area contributed by atoms with Gasteiger partial charge in [0, 0.05) is 71.6 Å². The van der Waals surface area contributed by atoms with E-state index in [0.29, 0.717) is 71.6 Å². The predicted molar refractivity (Wildman–Crippen MR) is 457 cm³/mol. The molecule has 0 saturated heterocycles. The normalized spacial score (nSPS) is 17.5. The van der Waals surface area contributed by atoms with Gasteiger partial charge < -0.3 is 41.7 Å². The molecule has 0 aliphatic heterocycles. The topological polar surface area (TPSA) is 300 Å². The van der Waals surface area contributed by atoms with Crippen molar-refractivity contribution in [2.75, 3.05) is 21.3 Å². The summed E-state index contributed by atoms with van der Waals surface area (Å²) in [5.41, 5.74) is 24.7. The average molecular weight is 1570 g/mol. The molecule has 4 aromatic carbocycles. The van der Waals surface area contributed by atoms with Gasteiger partial charge in [0.25, 0.3) is 0 Å². The number of fused-ring (bicyclic) bond motifs is 12. The van der Waals surface area contributed by atoms with Crippen LogP contribution >= 0.6 is 0 Å². The van der Waals surface area contributed by atoms with Crippen molar-refractivity contribution in [1.29, 1.82) is 0 Å². The van der Waals surface area contributed by atoms with E-state index < -0.39 is 0 Å². The Bertz CT molecular complexity index is 4820. The number of aliphatic hydroxyl groups is 4. The predicted octanol–water partition coefficient (Wildman–Crippen LogP) is 19.0. The minimum atomic E-state index is -0.0971. The Balaban J connectivity index is 0.000000128. The van der Waals surface area contributed by atoms with Gasteiger partial charge in [0.05, 0.1) is 94.8 Å². The number of anilines is 4. The first-order valence-corrected chi connectivity index (χ1v) is 44.3. The fraction of sp³-hybridized carbons (Fsp3) is 0.542. The summed E-state index contributed by atoms with van der Waals surface area (Å²) in [4.78, 5) is 90.0. The van der Waals surface area contributed by atoms with Crippen molar-refractivity contribution in [3.63, 3.8) is 0 Å². The maximum absolute atomic E-state index is 13.0. The Labute approximate surface area is 685 Å². The summed E-state index contributed by atoms with van der Waals surface area (Å²) in [6, 6.07) is 24.5. The fourth-order valence-electron chi connectivity index (χ4n) is 19.2. The van der Waals surface area contributed by atoms with E-state index in [1.807, 2.05) is 38.1 Å². The van der Waals surface area contributed by atoms with Crippen molar-refractivity contribution in [3.8, 4) is 45.0 Å². The standard InChI is InChI=1S/C27H35N3O2.2C24H31N3O2.C21H25N3O2/c31-17-19-11-13-22-21(15-19)12-14-23-26(22)30-25(20-9-5-2-6-10-20)27(28-23)29-24(32)16-18-7-3-1-4-8-18;1-15(2)12-21(29)26-24-22(17-6-4-3-5-7-17)27-23-19-10-8-16(14-28)13-18(19)9-11-20(23)25-24;1-3-15(2)24(29)27-23-21(17-7-5-4-6-8-17)26-22-19-11-9-16(14-28)13-18(19)10-12-20(22)25-23;1-13(26)22-21-19(15-5-3-2-4-6-15)24-20-17-9-7-14(12-25)11-16(17)8-10-18(20)23-21/h11,13,15,18,20,31H,1-10,12,14,16-17H2,(H,28,29,32);8,10,13,15,17,28H,3-7,9,11-12,14H2,1-2H3,(H,25,26,29);9,11,13,15,17,28H,3-8,10,12,14H2,1-2H3,(H,25,27,29);7,9,11,15,25H,2-6,8,10,12H2,1H3,(H,22,23,26). The van der Waals surface area contributed by atoms with Crippen molar-refractivity contribution in [2.45, 2.75) is 316 Å². The lowest BCUT2D eigenvalue weighted by Gasteiger charge is -2.27. The quantitative estimate of drug-likeness (QED) is 0.0396. The van der Waals surface area contributed by atoms with E-state index in [0.717, 1.165) is 222 Å². The third-order valence-electron chi connectivity index (χ3n) is 25.8. The van der Waals surface area contributed by atoms with Crippen LogP contribution in [0, 0.1) is 17.8 Å². The molecule has 1 atom stereocenters. The van der Waals surface area contributed by atoms with E-state index in [1.165, 1.54) is 138 Å². The van der Waals surface area contributed by atoms with Crippen molar-refractivity contribution >= 4 is 46.9 Å². The van der Waals surface area contributed by atoms with Crippen molar-refractivity contribution < 1.29 is 39.6 Å². The van der Waals surface area contributed by atoms with Gasteiger partial charge >= 0.3 is 0 Å². The zero-order valence-corrected chi connectivity index (χ0v) is 69.3. The van der Waals surface area contributed by atoms with Crippen molar-refractivity contribution in [3.05, 3.63) is 163 Å². The van der Waals surface area contributed by atoms with E-state index in [4.69, 9.17) is 39.9 Å². The molecule has 8 aromatic rings. The molecule has 1 unspecified atom stereocenters. The summed E-state index contributed by atoms with van der Waals surface area (Å²) in [5, 5.41) is 50.2. The molecule has 0 bridgehead atoms. The van der Waals surface area contributed by atoms with Crippen LogP contribution in [0.5, 0.6) is 0 Å². The summed E-state index contributed by atoms with van der Waals surface area (Å²) < 4.78 is 0. The molecule has 4 heterocycles. The number of carbonyl (C=O) groups is 4. The minimum Gasteiger partial charge on any atom is -0.392 e. The molecule has 20 nitrogen and oxygen atoms in total. The molecule has 9 aliphatic carbocycles. The number of amides is 4. The molecule has 0 radical (unpaired) electrons. The van der Waals surface area contributed by atoms with Crippen LogP contribution in [0.3, 0.4) is 0 Å². The fourth-order valence-corrected chi connectivity index (χ4v) is 19.2. The number of hydrogen-bond acceptors (Lipinski definition) is 16. The van der Waals surface area contributed by atoms with Gasteiger partial charge in [0.15, 0.2) is 23.3 Å². The van der Waals surface area contributed by atoms with E-state index in [2.05, 4.69) is 83.6 Å². The molecule has 9 aliphatic rings. The molecule has 116 heavy (non-hydrogen) atoms. The Morgan fingerprint density at radius 2 is 0.647 bits per heavy atom. The van der Waals surface area contributed by atoms with Gasteiger partial charge in [-0.05, 0) is 178 Å². The summed E-state index contributed by atoms with van der Waals surface area (Å²) in [7, 11) is 0. The van der Waals surface area contributed by atoms with Gasteiger partial charge in [-0.3, -0.25) is 19.2 Å². The molecule has 614 valence electrons. The largest absolute Gasteiger partial charge is 0.392 e. The monoisotopic (exact) mass is 1570 g/mol. The van der Waals surface area contributed by atoms with Crippen LogP contribution < -0.4 is 21.3 Å². The summed E-state index contributed by atoms with van der Waals surface area (Å²) in [6.07, 6.45) is 38.5. The highest BCUT2D eigenvalue weighted by Crippen LogP contribution is 2.46. The Morgan fingerprint density at radius 1 is 0.362 bits per heavy atom. The second kappa shape index (κ2) is 39.4. The summed E-state index contributed by atoms with van der Waals surface area (Å²) in [6.45, 7) is 9.84. The lowest BCUT2D eigenvalue weighted by atomic mass is 9.85. The first-order valence-electron chi connectivity index (χ1n) is 44.3. The van der Waals surface area contributed by atoms with Gasteiger partial charge in [0.2, 0.25) is 23.6 Å². The number of carbonyl (C=O) groups excluding carboxylic acids is 4. The number of aryl methyl sites for hydroxylation is 8. The minimum absolute atomic E-state index is 0.0232. The average Bonchev–Trinajstić information content (AvgIpc) is 0.781. The van der Waals surface area contributed by atoms with Crippen LogP contribution in [0.25, 0.3) is 45.0 Å². The summed E-state index contributed by atoms with van der Waals surface area (Å²) >= 11 is 0. The number of nitrogens with zero attached hydrogens (tertiary/aromatic N) is 8. The number of hydrogen-bond donors (Lipinski definition) is 8. The Hall–Kier alpha value is -9.08. The van der Waals surface area contributed by atoms with Crippen LogP contribution in [0.4, 0.5) is 23.3 Å². The van der Waals surface area contributed by atoms with E-state index in [1.54, 1.807) is 0 Å². The van der Waals surface area contributed by atoms with E-state index in [-0.39, 0.29) is 56.0 Å². The highest BCUT2D eigenvalue weighted by Gasteiger charge is 2.34. The van der Waals surface area contributed by atoms with Crippen LogP contribution in [-0.2, 0) is 97.0 Å². The maximum Gasteiger partial charge on any atom is 0.228 e. The number of rotatable bonds is 18. The van der Waals surface area contributed by atoms with Crippen LogP contribution in [0.15, 0.2) is 72.8 Å². The highest BCUT2D eigenvalue weighted by molar-refractivity contribution is 5.93. The molecule has 17 rings (SSSR count). The maximum atomic E-state index is 13.0. The first-order chi connectivity index (χ1) is 56.5. The second-order valence-corrected chi connectivity index (χ2v) is 34.8. The van der Waals surface area contributed by atoms with Gasteiger partial charge in [-0.15, -0.1) is 0 Å².